The van der Waals surface area contributed by atoms with Crippen molar-refractivity contribution in [2.75, 3.05) is 32.4 Å². The summed E-state index contributed by atoms with van der Waals surface area (Å²) >= 11 is 0. The molecule has 2 fully saturated rings. The maximum atomic E-state index is 12.8. The van der Waals surface area contributed by atoms with Crippen molar-refractivity contribution in [3.63, 3.8) is 0 Å². The third-order valence-corrected chi connectivity index (χ3v) is 8.10. The Morgan fingerprint density at radius 2 is 1.90 bits per heavy atom. The average Bonchev–Trinajstić information content (AvgIpc) is 3.34. The monoisotopic (exact) mass is 446 g/mol. The van der Waals surface area contributed by atoms with Gasteiger partial charge in [0.1, 0.15) is 0 Å². The number of sulfonamides is 1. The lowest BCUT2D eigenvalue weighted by Crippen LogP contribution is -2.47. The molecule has 1 amide bonds. The summed E-state index contributed by atoms with van der Waals surface area (Å²) in [4.78, 5) is 15.2. The molecule has 2 heterocycles. The van der Waals surface area contributed by atoms with Gasteiger partial charge in [0, 0.05) is 55.9 Å². The van der Waals surface area contributed by atoms with Crippen LogP contribution in [0.2, 0.25) is 0 Å². The number of carbonyl (C=O) groups is 1. The van der Waals surface area contributed by atoms with Gasteiger partial charge in [-0.15, -0.1) is 0 Å². The molecule has 2 aromatic rings. The molecule has 8 heteroatoms. The van der Waals surface area contributed by atoms with Gasteiger partial charge in [0.15, 0.2) is 0 Å². The molecule has 1 aliphatic heterocycles. The van der Waals surface area contributed by atoms with E-state index in [9.17, 15) is 13.2 Å². The van der Waals surface area contributed by atoms with Crippen molar-refractivity contribution in [1.29, 1.82) is 0 Å². The number of aryl methyl sites for hydroxylation is 1. The molecule has 1 aromatic carbocycles. The number of fused-ring (bicyclic) bond motifs is 2. The molecule has 4 rings (SSSR count). The summed E-state index contributed by atoms with van der Waals surface area (Å²) in [6.45, 7) is 6.47. The number of amides is 1. The van der Waals surface area contributed by atoms with Crippen LogP contribution in [0.3, 0.4) is 0 Å². The maximum Gasteiger partial charge on any atom is 0.224 e. The molecule has 1 saturated heterocycles. The fourth-order valence-electron chi connectivity index (χ4n) is 5.31. The van der Waals surface area contributed by atoms with Crippen LogP contribution < -0.4 is 5.32 Å². The van der Waals surface area contributed by atoms with Gasteiger partial charge < -0.3 is 9.88 Å². The molecule has 1 N–H and O–H groups in total. The van der Waals surface area contributed by atoms with Crippen LogP contribution in [0.25, 0.3) is 10.9 Å². The molecular weight excluding hydrogens is 412 g/mol. The molecule has 7 nitrogen and oxygen atoms in total. The van der Waals surface area contributed by atoms with E-state index in [0.29, 0.717) is 13.1 Å². The molecule has 0 bridgehead atoms. The van der Waals surface area contributed by atoms with Gasteiger partial charge in [0.25, 0.3) is 0 Å². The summed E-state index contributed by atoms with van der Waals surface area (Å²) in [6, 6.07) is 8.25. The molecule has 31 heavy (non-hydrogen) atoms. The largest absolute Gasteiger partial charge is 0.355 e. The molecular formula is C23H34N4O3S. The van der Waals surface area contributed by atoms with Crippen molar-refractivity contribution in [3.05, 3.63) is 36.0 Å². The number of rotatable bonds is 4. The highest BCUT2D eigenvalue weighted by molar-refractivity contribution is 7.88. The van der Waals surface area contributed by atoms with Crippen molar-refractivity contribution in [3.8, 4) is 0 Å². The zero-order valence-electron chi connectivity index (χ0n) is 18.6. The fraction of sp³-hybridized carbons (Fsp3) is 0.609. The topological polar surface area (TPSA) is 74.6 Å². The van der Waals surface area contributed by atoms with Gasteiger partial charge in [-0.3, -0.25) is 9.69 Å². The van der Waals surface area contributed by atoms with E-state index in [-0.39, 0.29) is 17.9 Å². The summed E-state index contributed by atoms with van der Waals surface area (Å²) < 4.78 is 28.9. The first-order valence-corrected chi connectivity index (χ1v) is 13.3. The Balaban J connectivity index is 1.55. The van der Waals surface area contributed by atoms with Crippen molar-refractivity contribution < 1.29 is 13.2 Å². The third kappa shape index (κ3) is 4.81. The predicted octanol–water partition coefficient (Wildman–Crippen LogP) is 2.41. The van der Waals surface area contributed by atoms with E-state index in [4.69, 9.17) is 0 Å². The molecule has 1 aromatic heterocycles. The first-order chi connectivity index (χ1) is 14.9. The molecule has 0 spiro atoms. The number of nitrogens with one attached hydrogen (secondary N) is 1. The summed E-state index contributed by atoms with van der Waals surface area (Å²) in [6.07, 6.45) is 6.70. The highest BCUT2D eigenvalue weighted by Crippen LogP contribution is 2.32. The van der Waals surface area contributed by atoms with Gasteiger partial charge in [0.2, 0.25) is 15.9 Å². The highest BCUT2D eigenvalue weighted by Gasteiger charge is 2.40. The van der Waals surface area contributed by atoms with Crippen LogP contribution in [0.15, 0.2) is 30.5 Å². The second kappa shape index (κ2) is 9.30. The second-order valence-electron chi connectivity index (χ2n) is 8.86. The summed E-state index contributed by atoms with van der Waals surface area (Å²) in [7, 11) is -3.36. The molecule has 170 valence electrons. The van der Waals surface area contributed by atoms with Crippen LogP contribution in [-0.4, -0.2) is 66.6 Å². The Labute approximate surface area is 185 Å². The van der Waals surface area contributed by atoms with Gasteiger partial charge in [-0.05, 0) is 44.4 Å². The van der Waals surface area contributed by atoms with Crippen LogP contribution in [0, 0.1) is 5.92 Å². The summed E-state index contributed by atoms with van der Waals surface area (Å²) in [5.41, 5.74) is 2.51. The number of carbonyl (C=O) groups excluding carboxylic acids is 1. The third-order valence-electron chi connectivity index (χ3n) is 6.80. The number of para-hydroxylation sites is 1. The van der Waals surface area contributed by atoms with Gasteiger partial charge >= 0.3 is 0 Å². The number of hydrogen-bond acceptors (Lipinski definition) is 4. The quantitative estimate of drug-likeness (QED) is 0.783. The Morgan fingerprint density at radius 3 is 2.68 bits per heavy atom. The standard InChI is InChI=1S/C23H34N4O3S/c1-3-26-17-18(19-8-4-5-10-21(19)26)16-25-13-7-14-27(31(2,29)30)22-11-6-9-20(22)23(28)24-12-15-25/h4-5,8,10,17,20,22H,3,6-7,9,11-16H2,1-2H3,(H,24,28). The van der Waals surface area contributed by atoms with Gasteiger partial charge in [-0.2, -0.15) is 4.31 Å². The Kier molecular flexibility index (Phi) is 6.69. The van der Waals surface area contributed by atoms with Crippen LogP contribution >= 0.6 is 0 Å². The Bertz CT molecular complexity index is 1030. The molecule has 1 aliphatic carbocycles. The fourth-order valence-corrected chi connectivity index (χ4v) is 6.51. The molecule has 0 radical (unpaired) electrons. The van der Waals surface area contributed by atoms with E-state index < -0.39 is 10.0 Å². The summed E-state index contributed by atoms with van der Waals surface area (Å²) in [5, 5.41) is 4.34. The van der Waals surface area contributed by atoms with Crippen molar-refractivity contribution in [2.45, 2.75) is 51.7 Å². The van der Waals surface area contributed by atoms with Crippen LogP contribution in [0.1, 0.15) is 38.2 Å². The van der Waals surface area contributed by atoms with Gasteiger partial charge in [-0.1, -0.05) is 24.6 Å². The zero-order valence-corrected chi connectivity index (χ0v) is 19.4. The van der Waals surface area contributed by atoms with Crippen molar-refractivity contribution >= 4 is 26.8 Å². The second-order valence-corrected chi connectivity index (χ2v) is 10.8. The average molecular weight is 447 g/mol. The van der Waals surface area contributed by atoms with Gasteiger partial charge in [-0.25, -0.2) is 8.42 Å². The van der Waals surface area contributed by atoms with Crippen molar-refractivity contribution in [2.24, 2.45) is 5.92 Å². The van der Waals surface area contributed by atoms with E-state index >= 15 is 0 Å². The highest BCUT2D eigenvalue weighted by atomic mass is 32.2. The minimum Gasteiger partial charge on any atom is -0.355 e. The number of aromatic nitrogens is 1. The molecule has 1 saturated carbocycles. The first-order valence-electron chi connectivity index (χ1n) is 11.4. The van der Waals surface area contributed by atoms with Crippen LogP contribution in [0.4, 0.5) is 0 Å². The predicted molar refractivity (Wildman–Crippen MR) is 123 cm³/mol. The summed E-state index contributed by atoms with van der Waals surface area (Å²) in [5.74, 6) is -0.232. The smallest absolute Gasteiger partial charge is 0.224 e. The lowest BCUT2D eigenvalue weighted by molar-refractivity contribution is -0.125. The van der Waals surface area contributed by atoms with E-state index in [0.717, 1.165) is 51.9 Å². The van der Waals surface area contributed by atoms with E-state index in [2.05, 4.69) is 52.2 Å². The maximum absolute atomic E-state index is 12.8. The Morgan fingerprint density at radius 1 is 1.10 bits per heavy atom. The van der Waals surface area contributed by atoms with Crippen molar-refractivity contribution in [1.82, 2.24) is 19.1 Å². The molecule has 2 aliphatic rings. The molecule has 2 atom stereocenters. The normalized spacial score (nSPS) is 24.6. The lowest BCUT2D eigenvalue weighted by Gasteiger charge is -2.30. The SMILES string of the molecule is CCn1cc(CN2CCCN(S(C)(=O)=O)C3CCCC3C(=O)NCC2)c2ccccc21. The minimum atomic E-state index is -3.36. The number of nitrogens with zero attached hydrogens (tertiary/aromatic N) is 3. The van der Waals surface area contributed by atoms with E-state index in [1.54, 1.807) is 4.31 Å². The minimum absolute atomic E-state index is 0.000542. The van der Waals surface area contributed by atoms with Gasteiger partial charge in [0.05, 0.1) is 12.2 Å². The van der Waals surface area contributed by atoms with E-state index in [1.165, 1.54) is 22.7 Å². The number of hydrogen-bond donors (Lipinski definition) is 1. The van der Waals surface area contributed by atoms with Crippen LogP contribution in [-0.2, 0) is 27.9 Å². The van der Waals surface area contributed by atoms with Crippen LogP contribution in [0.5, 0.6) is 0 Å². The number of benzene rings is 1. The first kappa shape index (κ1) is 22.3. The zero-order chi connectivity index (χ0) is 22.0. The molecule has 2 unspecified atom stereocenters. The lowest BCUT2D eigenvalue weighted by atomic mass is 10.0. The Hall–Kier alpha value is -1.90. The van der Waals surface area contributed by atoms with E-state index in [1.807, 2.05) is 0 Å².